The lowest BCUT2D eigenvalue weighted by atomic mass is 9.31. The number of thiophene rings is 1. The van der Waals surface area contributed by atoms with Gasteiger partial charge < -0.3 is 19.7 Å². The molecule has 5 aliphatic carbocycles. The second-order valence-corrected chi connectivity index (χ2v) is 13.4. The average molecular weight is 494 g/mol. The van der Waals surface area contributed by atoms with Crippen molar-refractivity contribution in [1.29, 1.82) is 0 Å². The third-order valence-corrected chi connectivity index (χ3v) is 12.3. The van der Waals surface area contributed by atoms with Crippen LogP contribution in [0.25, 0.3) is 0 Å². The summed E-state index contributed by atoms with van der Waals surface area (Å²) >= 11 is 1.64. The summed E-state index contributed by atoms with van der Waals surface area (Å²) < 4.78 is 13.5. The molecule has 2 aromatic rings. The largest absolute Gasteiger partial charge is 0.504 e. The van der Waals surface area contributed by atoms with Crippen LogP contribution < -0.4 is 4.74 Å². The minimum absolute atomic E-state index is 0.00286. The molecule has 0 amide bonds. The van der Waals surface area contributed by atoms with Crippen LogP contribution in [0.2, 0.25) is 0 Å². The van der Waals surface area contributed by atoms with Crippen molar-refractivity contribution < 1.29 is 19.7 Å². The van der Waals surface area contributed by atoms with Crippen LogP contribution in [0.15, 0.2) is 29.0 Å². The van der Waals surface area contributed by atoms with Crippen molar-refractivity contribution in [2.75, 3.05) is 20.2 Å². The average Bonchev–Trinajstić information content (AvgIpc) is 3.35. The highest BCUT2D eigenvalue weighted by Crippen LogP contribution is 2.80. The molecule has 1 aromatic heterocycles. The molecule has 0 radical (unpaired) electrons. The Morgan fingerprint density at radius 3 is 2.83 bits per heavy atom. The van der Waals surface area contributed by atoms with E-state index in [-0.39, 0.29) is 22.7 Å². The molecule has 2 spiro atoms. The Balaban J connectivity index is 1.38. The Hall–Kier alpha value is -1.60. The third-order valence-electron chi connectivity index (χ3n) is 11.6. The molecule has 4 saturated carbocycles. The minimum Gasteiger partial charge on any atom is -0.504 e. The maximum Gasteiger partial charge on any atom is 0.165 e. The van der Waals surface area contributed by atoms with Gasteiger partial charge in [0.1, 0.15) is 11.7 Å². The lowest BCUT2D eigenvalue weighted by Gasteiger charge is -2.76. The Kier molecular flexibility index (Phi) is 4.07. The van der Waals surface area contributed by atoms with Crippen LogP contribution in [0.5, 0.6) is 11.5 Å². The number of aliphatic hydroxyl groups excluding tert-OH is 1. The van der Waals surface area contributed by atoms with Crippen LogP contribution in [0, 0.1) is 16.7 Å². The number of aromatic hydroxyl groups is 1. The van der Waals surface area contributed by atoms with Crippen LogP contribution in [-0.2, 0) is 16.6 Å². The van der Waals surface area contributed by atoms with Crippen molar-refractivity contribution >= 4 is 11.3 Å². The molecule has 9 rings (SSSR count). The summed E-state index contributed by atoms with van der Waals surface area (Å²) in [6, 6.07) is 6.50. The number of likely N-dealkylation sites (tertiary alicyclic amines) is 1. The van der Waals surface area contributed by atoms with Gasteiger partial charge in [-0.2, -0.15) is 11.3 Å². The molecule has 1 aromatic carbocycles. The molecule has 35 heavy (non-hydrogen) atoms. The van der Waals surface area contributed by atoms with Crippen LogP contribution in [-0.4, -0.2) is 53.1 Å². The van der Waals surface area contributed by atoms with E-state index < -0.39 is 17.1 Å². The Morgan fingerprint density at radius 1 is 1.23 bits per heavy atom. The summed E-state index contributed by atoms with van der Waals surface area (Å²) in [5.74, 6) is 1.80. The first-order valence-corrected chi connectivity index (χ1v) is 14.4. The van der Waals surface area contributed by atoms with Gasteiger partial charge in [0.25, 0.3) is 0 Å². The fourth-order valence-corrected chi connectivity index (χ4v) is 10.7. The van der Waals surface area contributed by atoms with Crippen LogP contribution >= 0.6 is 11.3 Å². The van der Waals surface area contributed by atoms with Gasteiger partial charge in [-0.1, -0.05) is 13.0 Å². The van der Waals surface area contributed by atoms with Crippen molar-refractivity contribution in [2.24, 2.45) is 16.7 Å². The van der Waals surface area contributed by atoms with E-state index in [0.717, 1.165) is 50.1 Å². The summed E-state index contributed by atoms with van der Waals surface area (Å²) in [5, 5.41) is 27.2. The van der Waals surface area contributed by atoms with Crippen LogP contribution in [0.1, 0.15) is 68.2 Å². The van der Waals surface area contributed by atoms with E-state index in [1.807, 2.05) is 13.2 Å². The normalized spacial score (nSPS) is 43.6. The number of ether oxygens (including phenoxy) is 2. The fraction of sp³-hybridized carbons (Fsp3) is 0.655. The summed E-state index contributed by atoms with van der Waals surface area (Å²) in [6.45, 7) is 4.55. The molecule has 3 heterocycles. The van der Waals surface area contributed by atoms with Gasteiger partial charge in [0.05, 0.1) is 6.10 Å². The van der Waals surface area contributed by atoms with Gasteiger partial charge in [0, 0.05) is 41.5 Å². The second kappa shape index (κ2) is 6.63. The summed E-state index contributed by atoms with van der Waals surface area (Å²) in [5.41, 5.74) is 2.34. The molecule has 186 valence electrons. The summed E-state index contributed by atoms with van der Waals surface area (Å²) in [7, 11) is 1.82. The number of benzene rings is 1. The minimum atomic E-state index is -0.626. The quantitative estimate of drug-likeness (QED) is 0.627. The molecular weight excluding hydrogens is 458 g/mol. The number of fused-ring (bicyclic) bond motifs is 2. The monoisotopic (exact) mass is 493 g/mol. The first-order chi connectivity index (χ1) is 16.9. The standard InChI is InChI=1S/C29H35NO4S/c1-26(24(32)19-7-12-35-15-19)16-27-8-9-29(26,33-2)25-28(27)10-11-30(14-17-3-4-17)21(27)13-18-5-6-20(31)23(34-25)22(18)28/h5-7,12,15,17,21,24-25,31-32H,3-4,8-11,13-14,16H2,1-2H3/t21-,24-,25-,26-,27-,28+,29+/m1/s1. The molecule has 7 atom stereocenters. The molecule has 2 aliphatic heterocycles. The molecule has 1 saturated heterocycles. The molecule has 2 N–H and O–H groups in total. The molecule has 5 fully saturated rings. The van der Waals surface area contributed by atoms with E-state index >= 15 is 0 Å². The van der Waals surface area contributed by atoms with E-state index in [4.69, 9.17) is 9.47 Å². The lowest BCUT2D eigenvalue weighted by Crippen LogP contribution is -2.83. The maximum absolute atomic E-state index is 12.0. The summed E-state index contributed by atoms with van der Waals surface area (Å²) in [4.78, 5) is 2.82. The van der Waals surface area contributed by atoms with Gasteiger partial charge in [-0.3, -0.25) is 4.90 Å². The summed E-state index contributed by atoms with van der Waals surface area (Å²) in [6.07, 6.45) is 6.85. The van der Waals surface area contributed by atoms with Gasteiger partial charge in [-0.25, -0.2) is 0 Å². The Bertz CT molecular complexity index is 1210. The zero-order valence-corrected chi connectivity index (χ0v) is 21.4. The SMILES string of the molecule is CO[C@]12CC[C@@]3(C[C@]1(C)[C@H](O)c1ccsc1)[C@H]1Cc4ccc(O)c5c4[C@@]3(CCN1CC1CC1)[C@H]2O5. The number of phenols is 1. The number of rotatable bonds is 5. The molecular formula is C29H35NO4S. The van der Waals surface area contributed by atoms with E-state index in [1.165, 1.54) is 30.5 Å². The van der Waals surface area contributed by atoms with Crippen molar-refractivity contribution in [3.63, 3.8) is 0 Å². The van der Waals surface area contributed by atoms with E-state index in [9.17, 15) is 10.2 Å². The highest BCUT2D eigenvalue weighted by atomic mass is 32.1. The number of aliphatic hydroxyl groups is 1. The van der Waals surface area contributed by atoms with Crippen molar-refractivity contribution in [2.45, 2.75) is 81.1 Å². The topological polar surface area (TPSA) is 62.2 Å². The number of nitrogens with zero attached hydrogens (tertiary/aromatic N) is 1. The zero-order chi connectivity index (χ0) is 23.8. The molecule has 7 aliphatic rings. The second-order valence-electron chi connectivity index (χ2n) is 12.6. The predicted octanol–water partition coefficient (Wildman–Crippen LogP) is 4.80. The number of phenolic OH excluding ortho intramolecular Hbond substituents is 1. The van der Waals surface area contributed by atoms with Crippen molar-refractivity contribution in [3.8, 4) is 11.5 Å². The van der Waals surface area contributed by atoms with E-state index in [0.29, 0.717) is 11.8 Å². The highest BCUT2D eigenvalue weighted by molar-refractivity contribution is 7.07. The van der Waals surface area contributed by atoms with Crippen molar-refractivity contribution in [3.05, 3.63) is 45.6 Å². The number of methoxy groups -OCH3 is 1. The maximum atomic E-state index is 12.0. The third kappa shape index (κ3) is 2.25. The molecule has 6 heteroatoms. The molecule has 0 unspecified atom stereocenters. The number of hydrogen-bond donors (Lipinski definition) is 2. The van der Waals surface area contributed by atoms with Crippen molar-refractivity contribution in [1.82, 2.24) is 4.90 Å². The van der Waals surface area contributed by atoms with Gasteiger partial charge in [-0.05, 0) is 91.4 Å². The number of hydrogen-bond acceptors (Lipinski definition) is 6. The first kappa shape index (κ1) is 21.5. The van der Waals surface area contributed by atoms with Crippen LogP contribution in [0.4, 0.5) is 0 Å². The zero-order valence-electron chi connectivity index (χ0n) is 20.6. The lowest BCUT2D eigenvalue weighted by molar-refractivity contribution is -0.324. The fourth-order valence-electron chi connectivity index (χ4n) is 10.0. The first-order valence-electron chi connectivity index (χ1n) is 13.4. The Labute approximate surface area is 211 Å². The van der Waals surface area contributed by atoms with E-state index in [1.54, 1.807) is 11.3 Å². The smallest absolute Gasteiger partial charge is 0.165 e. The molecule has 5 nitrogen and oxygen atoms in total. The number of piperidine rings is 1. The van der Waals surface area contributed by atoms with E-state index in [2.05, 4.69) is 34.7 Å². The molecule has 4 bridgehead atoms. The van der Waals surface area contributed by atoms with Gasteiger partial charge in [0.15, 0.2) is 11.5 Å². The van der Waals surface area contributed by atoms with Gasteiger partial charge in [0.2, 0.25) is 0 Å². The van der Waals surface area contributed by atoms with Gasteiger partial charge >= 0.3 is 0 Å². The highest BCUT2D eigenvalue weighted by Gasteiger charge is 2.84. The van der Waals surface area contributed by atoms with Crippen LogP contribution in [0.3, 0.4) is 0 Å². The predicted molar refractivity (Wildman–Crippen MR) is 134 cm³/mol. The Morgan fingerprint density at radius 2 is 2.09 bits per heavy atom. The van der Waals surface area contributed by atoms with Gasteiger partial charge in [-0.15, -0.1) is 0 Å².